The van der Waals surface area contributed by atoms with Gasteiger partial charge in [-0.25, -0.2) is 8.42 Å². The number of nitro benzene ring substituents is 1. The van der Waals surface area contributed by atoms with Crippen LogP contribution in [-0.4, -0.2) is 50.0 Å². The number of hydrogen-bond donors (Lipinski definition) is 1. The van der Waals surface area contributed by atoms with Crippen molar-refractivity contribution in [1.82, 2.24) is 10.2 Å². The minimum Gasteiger partial charge on any atom is -0.350 e. The van der Waals surface area contributed by atoms with Gasteiger partial charge >= 0.3 is 0 Å². The van der Waals surface area contributed by atoms with Gasteiger partial charge in [-0.2, -0.15) is 0 Å². The predicted octanol–water partition coefficient (Wildman–Crippen LogP) is 2.97. The number of nitrogens with one attached hydrogen (secondary N) is 1. The van der Waals surface area contributed by atoms with Gasteiger partial charge in [0.15, 0.2) is 0 Å². The fourth-order valence-electron chi connectivity index (χ4n) is 3.96. The molecule has 0 spiro atoms. The molecule has 2 aromatic carbocycles. The number of carbonyl (C=O) groups excluding carboxylic acids is 1. The van der Waals surface area contributed by atoms with Gasteiger partial charge in [-0.05, 0) is 49.5 Å². The zero-order valence-corrected chi connectivity index (χ0v) is 19.8. The summed E-state index contributed by atoms with van der Waals surface area (Å²) >= 11 is 0. The van der Waals surface area contributed by atoms with Crippen molar-refractivity contribution in [1.29, 1.82) is 0 Å². The Kier molecular flexibility index (Phi) is 8.04. The summed E-state index contributed by atoms with van der Waals surface area (Å²) in [6, 6.07) is 11.9. The summed E-state index contributed by atoms with van der Waals surface area (Å²) in [5, 5.41) is 13.9. The summed E-state index contributed by atoms with van der Waals surface area (Å²) in [6.45, 7) is 4.50. The highest BCUT2D eigenvalue weighted by Gasteiger charge is 2.24. The van der Waals surface area contributed by atoms with Crippen LogP contribution in [0.25, 0.3) is 0 Å². The molecule has 0 aliphatic carbocycles. The van der Waals surface area contributed by atoms with Gasteiger partial charge in [-0.15, -0.1) is 0 Å². The van der Waals surface area contributed by atoms with Gasteiger partial charge in [0, 0.05) is 25.2 Å². The monoisotopic (exact) mass is 474 g/mol. The Bertz CT molecular complexity index is 1110. The standard InChI is InChI=1S/C23H30N4O5S/c1-18-9-10-21(27(29)30)14-22(18)26(33(2,31)32)17-23(28)24-15-19-7-6-8-20(13-19)16-25-11-4-3-5-12-25/h6-10,13-14H,3-5,11-12,15-17H2,1-2H3,(H,24,28). The van der Waals surface area contributed by atoms with E-state index in [-0.39, 0.29) is 17.9 Å². The molecule has 0 unspecified atom stereocenters. The summed E-state index contributed by atoms with van der Waals surface area (Å²) in [4.78, 5) is 25.6. The molecule has 0 bridgehead atoms. The van der Waals surface area contributed by atoms with Gasteiger partial charge < -0.3 is 5.32 Å². The molecular formula is C23H30N4O5S. The van der Waals surface area contributed by atoms with E-state index in [1.54, 1.807) is 6.92 Å². The molecule has 9 nitrogen and oxygen atoms in total. The van der Waals surface area contributed by atoms with Crippen molar-refractivity contribution in [2.24, 2.45) is 0 Å². The summed E-state index contributed by atoms with van der Waals surface area (Å²) in [7, 11) is -3.84. The second kappa shape index (κ2) is 10.8. The summed E-state index contributed by atoms with van der Waals surface area (Å²) in [6.07, 6.45) is 4.69. The molecule has 10 heteroatoms. The Morgan fingerprint density at radius 1 is 1.12 bits per heavy atom. The molecule has 1 saturated heterocycles. The highest BCUT2D eigenvalue weighted by atomic mass is 32.2. The van der Waals surface area contributed by atoms with E-state index in [4.69, 9.17) is 0 Å². The number of nitrogens with zero attached hydrogens (tertiary/aromatic N) is 3. The molecular weight excluding hydrogens is 444 g/mol. The molecule has 1 heterocycles. The fraction of sp³-hybridized carbons (Fsp3) is 0.435. The van der Waals surface area contributed by atoms with Crippen molar-refractivity contribution >= 4 is 27.3 Å². The van der Waals surface area contributed by atoms with Crippen LogP contribution in [0.15, 0.2) is 42.5 Å². The maximum Gasteiger partial charge on any atom is 0.271 e. The molecule has 1 N–H and O–H groups in total. The van der Waals surface area contributed by atoms with E-state index in [0.717, 1.165) is 35.8 Å². The molecule has 0 saturated carbocycles. The first-order valence-electron chi connectivity index (χ1n) is 10.9. The minimum atomic E-state index is -3.84. The number of hydrogen-bond acceptors (Lipinski definition) is 6. The number of rotatable bonds is 9. The lowest BCUT2D eigenvalue weighted by atomic mass is 10.1. The zero-order chi connectivity index (χ0) is 24.0. The van der Waals surface area contributed by atoms with Crippen LogP contribution in [-0.2, 0) is 27.9 Å². The van der Waals surface area contributed by atoms with Crippen molar-refractivity contribution in [3.8, 4) is 0 Å². The molecule has 1 amide bonds. The van der Waals surface area contributed by atoms with Crippen LogP contribution >= 0.6 is 0 Å². The number of likely N-dealkylation sites (tertiary alicyclic amines) is 1. The third-order valence-corrected chi connectivity index (χ3v) is 6.82. The summed E-state index contributed by atoms with van der Waals surface area (Å²) in [5.74, 6) is -0.493. The number of anilines is 1. The molecule has 1 aliphatic heterocycles. The quantitative estimate of drug-likeness (QED) is 0.442. The predicted molar refractivity (Wildman–Crippen MR) is 127 cm³/mol. The largest absolute Gasteiger partial charge is 0.350 e. The van der Waals surface area contributed by atoms with E-state index >= 15 is 0 Å². The maximum absolute atomic E-state index is 12.6. The number of aryl methyl sites for hydroxylation is 1. The van der Waals surface area contributed by atoms with E-state index < -0.39 is 27.4 Å². The van der Waals surface area contributed by atoms with Gasteiger partial charge in [0.05, 0.1) is 16.9 Å². The molecule has 0 radical (unpaired) electrons. The topological polar surface area (TPSA) is 113 Å². The second-order valence-electron chi connectivity index (χ2n) is 8.43. The Hall–Kier alpha value is -2.98. The third kappa shape index (κ3) is 7.00. The van der Waals surface area contributed by atoms with E-state index in [9.17, 15) is 23.3 Å². The first kappa shape index (κ1) is 24.7. The number of piperidine rings is 1. The normalized spacial score (nSPS) is 14.6. The molecule has 2 aromatic rings. The smallest absolute Gasteiger partial charge is 0.271 e. The lowest BCUT2D eigenvalue weighted by molar-refractivity contribution is -0.384. The van der Waals surface area contributed by atoms with Crippen molar-refractivity contribution in [3.63, 3.8) is 0 Å². The van der Waals surface area contributed by atoms with E-state index in [1.807, 2.05) is 18.2 Å². The molecule has 178 valence electrons. The van der Waals surface area contributed by atoms with Crippen LogP contribution < -0.4 is 9.62 Å². The van der Waals surface area contributed by atoms with Gasteiger partial charge in [-0.3, -0.25) is 24.1 Å². The van der Waals surface area contributed by atoms with Gasteiger partial charge in [0.2, 0.25) is 15.9 Å². The summed E-state index contributed by atoms with van der Waals surface area (Å²) in [5.41, 5.74) is 2.49. The van der Waals surface area contributed by atoms with Crippen LogP contribution in [0.2, 0.25) is 0 Å². The van der Waals surface area contributed by atoms with Crippen molar-refractivity contribution < 1.29 is 18.1 Å². The average Bonchev–Trinajstić information content (AvgIpc) is 2.77. The first-order chi connectivity index (χ1) is 15.6. The van der Waals surface area contributed by atoms with Crippen molar-refractivity contribution in [3.05, 3.63) is 69.3 Å². The van der Waals surface area contributed by atoms with Crippen molar-refractivity contribution in [2.75, 3.05) is 30.2 Å². The first-order valence-corrected chi connectivity index (χ1v) is 12.8. The van der Waals surface area contributed by atoms with Crippen LogP contribution in [0, 0.1) is 17.0 Å². The van der Waals surface area contributed by atoms with Crippen molar-refractivity contribution in [2.45, 2.75) is 39.3 Å². The van der Waals surface area contributed by atoms with Crippen LogP contribution in [0.4, 0.5) is 11.4 Å². The Labute approximate surface area is 194 Å². The number of non-ortho nitro benzene ring substituents is 1. The molecule has 33 heavy (non-hydrogen) atoms. The van der Waals surface area contributed by atoms with Crippen LogP contribution in [0.1, 0.15) is 36.0 Å². The van der Waals surface area contributed by atoms with Gasteiger partial charge in [0.1, 0.15) is 6.54 Å². The number of amides is 1. The van der Waals surface area contributed by atoms with Crippen LogP contribution in [0.3, 0.4) is 0 Å². The molecule has 0 atom stereocenters. The SMILES string of the molecule is Cc1ccc([N+](=O)[O-])cc1N(CC(=O)NCc1cccc(CN2CCCCC2)c1)S(C)(=O)=O. The third-order valence-electron chi connectivity index (χ3n) is 5.70. The Morgan fingerprint density at radius 2 is 1.82 bits per heavy atom. The second-order valence-corrected chi connectivity index (χ2v) is 10.3. The lowest BCUT2D eigenvalue weighted by Gasteiger charge is -2.26. The highest BCUT2D eigenvalue weighted by Crippen LogP contribution is 2.27. The summed E-state index contributed by atoms with van der Waals surface area (Å²) < 4.78 is 25.7. The number of benzene rings is 2. The van der Waals surface area contributed by atoms with Gasteiger partial charge in [-0.1, -0.05) is 36.8 Å². The average molecular weight is 475 g/mol. The van der Waals surface area contributed by atoms with E-state index in [0.29, 0.717) is 5.56 Å². The lowest BCUT2D eigenvalue weighted by Crippen LogP contribution is -2.40. The fourth-order valence-corrected chi connectivity index (χ4v) is 4.87. The Balaban J connectivity index is 1.66. The molecule has 1 fully saturated rings. The van der Waals surface area contributed by atoms with E-state index in [1.165, 1.54) is 43.0 Å². The molecule has 3 rings (SSSR count). The molecule has 0 aromatic heterocycles. The van der Waals surface area contributed by atoms with Crippen LogP contribution in [0.5, 0.6) is 0 Å². The minimum absolute atomic E-state index is 0.116. The zero-order valence-electron chi connectivity index (χ0n) is 19.0. The maximum atomic E-state index is 12.6. The van der Waals surface area contributed by atoms with E-state index in [2.05, 4.69) is 16.3 Å². The number of sulfonamides is 1. The highest BCUT2D eigenvalue weighted by molar-refractivity contribution is 7.92. The molecule has 1 aliphatic rings. The Morgan fingerprint density at radius 3 is 2.48 bits per heavy atom. The number of nitro groups is 1. The number of carbonyl (C=O) groups is 1. The van der Waals surface area contributed by atoms with Gasteiger partial charge in [0.25, 0.3) is 5.69 Å².